The van der Waals surface area contributed by atoms with Crippen molar-refractivity contribution >= 4 is 0 Å². The monoisotopic (exact) mass is 239 g/mol. The highest BCUT2D eigenvalue weighted by atomic mass is 16.3. The molecule has 1 aromatic heterocycles. The third-order valence-corrected chi connectivity index (χ3v) is 2.83. The molecule has 1 atom stereocenters. The van der Waals surface area contributed by atoms with Gasteiger partial charge in [-0.2, -0.15) is 0 Å². The molecule has 0 aliphatic rings. The minimum absolute atomic E-state index is 0.446. The van der Waals surface area contributed by atoms with Crippen molar-refractivity contribution in [1.29, 1.82) is 0 Å². The first-order valence-electron chi connectivity index (χ1n) is 6.44. The Balaban J connectivity index is 2.64. The summed E-state index contributed by atoms with van der Waals surface area (Å²) in [7, 11) is 0. The Bertz CT molecular complexity index is 331. The molecule has 0 spiro atoms. The fourth-order valence-corrected chi connectivity index (χ4v) is 1.91. The molecule has 0 bridgehead atoms. The van der Waals surface area contributed by atoms with Crippen molar-refractivity contribution in [3.05, 3.63) is 18.2 Å². The Morgan fingerprint density at radius 3 is 2.82 bits per heavy atom. The van der Waals surface area contributed by atoms with Crippen LogP contribution in [0, 0.1) is 0 Å². The summed E-state index contributed by atoms with van der Waals surface area (Å²) in [5.41, 5.74) is -0.861. The molecule has 1 aromatic rings. The smallest absolute Gasteiger partial charge is 0.140 e. The van der Waals surface area contributed by atoms with Crippen molar-refractivity contribution in [2.45, 2.75) is 58.7 Å². The predicted octanol–water partition coefficient (Wildman–Crippen LogP) is 1.89. The van der Waals surface area contributed by atoms with Gasteiger partial charge in [-0.1, -0.05) is 20.8 Å². The van der Waals surface area contributed by atoms with Gasteiger partial charge in [-0.25, -0.2) is 4.98 Å². The van der Waals surface area contributed by atoms with E-state index in [9.17, 15) is 5.11 Å². The number of aromatic nitrogens is 2. The number of nitrogens with zero attached hydrogens (tertiary/aromatic N) is 2. The Morgan fingerprint density at radius 1 is 1.53 bits per heavy atom. The van der Waals surface area contributed by atoms with Crippen LogP contribution >= 0.6 is 0 Å². The van der Waals surface area contributed by atoms with Crippen LogP contribution in [-0.4, -0.2) is 27.2 Å². The van der Waals surface area contributed by atoms with Crippen LogP contribution in [0.3, 0.4) is 0 Å². The lowest BCUT2D eigenvalue weighted by Crippen LogP contribution is -2.33. The number of imidazole rings is 1. The Labute approximate surface area is 104 Å². The first-order valence-corrected chi connectivity index (χ1v) is 6.44. The molecule has 0 radical (unpaired) electrons. The maximum Gasteiger partial charge on any atom is 0.140 e. The van der Waals surface area contributed by atoms with Crippen molar-refractivity contribution in [3.8, 4) is 0 Å². The van der Waals surface area contributed by atoms with E-state index < -0.39 is 5.60 Å². The molecular weight excluding hydrogens is 214 g/mol. The molecular formula is C13H25N3O. The highest BCUT2D eigenvalue weighted by molar-refractivity contribution is 5.03. The number of aryl methyl sites for hydroxylation is 1. The highest BCUT2D eigenvalue weighted by Crippen LogP contribution is 2.22. The standard InChI is InChI=1S/C13H25N3O/c1-5-9-16-10-8-15-12(16)13(4,17)6-7-14-11(2)3/h8,10-11,14,17H,5-7,9H2,1-4H3. The summed E-state index contributed by atoms with van der Waals surface area (Å²) in [6.45, 7) is 9.87. The third-order valence-electron chi connectivity index (χ3n) is 2.83. The summed E-state index contributed by atoms with van der Waals surface area (Å²) in [5, 5.41) is 13.8. The van der Waals surface area contributed by atoms with Gasteiger partial charge in [-0.15, -0.1) is 0 Å². The maximum atomic E-state index is 10.5. The van der Waals surface area contributed by atoms with Crippen LogP contribution in [0.15, 0.2) is 12.4 Å². The van der Waals surface area contributed by atoms with E-state index in [2.05, 4.69) is 31.1 Å². The fourth-order valence-electron chi connectivity index (χ4n) is 1.91. The summed E-state index contributed by atoms with van der Waals surface area (Å²) in [6, 6.07) is 0.446. The second-order valence-electron chi connectivity index (χ2n) is 5.08. The van der Waals surface area contributed by atoms with Gasteiger partial charge in [0, 0.05) is 25.0 Å². The van der Waals surface area contributed by atoms with Crippen LogP contribution in [0.25, 0.3) is 0 Å². The summed E-state index contributed by atoms with van der Waals surface area (Å²) in [6.07, 6.45) is 5.41. The normalized spacial score (nSPS) is 15.2. The van der Waals surface area contributed by atoms with E-state index in [1.807, 2.05) is 17.7 Å². The van der Waals surface area contributed by atoms with E-state index >= 15 is 0 Å². The second kappa shape index (κ2) is 6.17. The number of aliphatic hydroxyl groups is 1. The van der Waals surface area contributed by atoms with Gasteiger partial charge in [0.2, 0.25) is 0 Å². The van der Waals surface area contributed by atoms with Crippen molar-refractivity contribution in [3.63, 3.8) is 0 Å². The molecule has 0 aliphatic carbocycles. The molecule has 4 nitrogen and oxygen atoms in total. The zero-order valence-corrected chi connectivity index (χ0v) is 11.4. The molecule has 0 saturated heterocycles. The van der Waals surface area contributed by atoms with Crippen LogP contribution in [-0.2, 0) is 12.1 Å². The maximum absolute atomic E-state index is 10.5. The number of hydrogen-bond acceptors (Lipinski definition) is 3. The van der Waals surface area contributed by atoms with Crippen LogP contribution in [0.5, 0.6) is 0 Å². The van der Waals surface area contributed by atoms with Crippen LogP contribution in [0.1, 0.15) is 46.4 Å². The number of hydrogen-bond donors (Lipinski definition) is 2. The lowest BCUT2D eigenvalue weighted by molar-refractivity contribution is 0.0346. The Morgan fingerprint density at radius 2 is 2.24 bits per heavy atom. The molecule has 2 N–H and O–H groups in total. The topological polar surface area (TPSA) is 50.1 Å². The van der Waals surface area contributed by atoms with Gasteiger partial charge >= 0.3 is 0 Å². The summed E-state index contributed by atoms with van der Waals surface area (Å²) in [4.78, 5) is 4.29. The van der Waals surface area contributed by atoms with Crippen molar-refractivity contribution in [1.82, 2.24) is 14.9 Å². The van der Waals surface area contributed by atoms with E-state index in [0.29, 0.717) is 12.5 Å². The highest BCUT2D eigenvalue weighted by Gasteiger charge is 2.27. The summed E-state index contributed by atoms with van der Waals surface area (Å²) >= 11 is 0. The summed E-state index contributed by atoms with van der Waals surface area (Å²) in [5.74, 6) is 0.768. The molecule has 0 aromatic carbocycles. The summed E-state index contributed by atoms with van der Waals surface area (Å²) < 4.78 is 2.04. The SMILES string of the molecule is CCCn1ccnc1C(C)(O)CCNC(C)C. The lowest BCUT2D eigenvalue weighted by atomic mass is 10.0. The zero-order valence-electron chi connectivity index (χ0n) is 11.4. The van der Waals surface area contributed by atoms with Gasteiger partial charge in [0.15, 0.2) is 0 Å². The first-order chi connectivity index (χ1) is 7.97. The fraction of sp³-hybridized carbons (Fsp3) is 0.769. The largest absolute Gasteiger partial charge is 0.382 e. The zero-order chi connectivity index (χ0) is 12.9. The molecule has 98 valence electrons. The molecule has 1 heterocycles. The van der Waals surface area contributed by atoms with Gasteiger partial charge in [0.1, 0.15) is 11.4 Å². The second-order valence-corrected chi connectivity index (χ2v) is 5.08. The number of rotatable bonds is 7. The molecule has 0 saturated carbocycles. The van der Waals surface area contributed by atoms with Crippen LogP contribution in [0.2, 0.25) is 0 Å². The van der Waals surface area contributed by atoms with Gasteiger partial charge in [0.25, 0.3) is 0 Å². The van der Waals surface area contributed by atoms with E-state index in [4.69, 9.17) is 0 Å². The van der Waals surface area contributed by atoms with Crippen LogP contribution < -0.4 is 5.32 Å². The molecule has 17 heavy (non-hydrogen) atoms. The predicted molar refractivity (Wildman–Crippen MR) is 69.8 cm³/mol. The van der Waals surface area contributed by atoms with Gasteiger partial charge < -0.3 is 15.0 Å². The van der Waals surface area contributed by atoms with E-state index in [0.717, 1.165) is 25.3 Å². The average molecular weight is 239 g/mol. The van der Waals surface area contributed by atoms with Gasteiger partial charge in [-0.05, 0) is 26.3 Å². The molecule has 0 amide bonds. The van der Waals surface area contributed by atoms with Crippen molar-refractivity contribution < 1.29 is 5.11 Å². The quantitative estimate of drug-likeness (QED) is 0.764. The van der Waals surface area contributed by atoms with Crippen LogP contribution in [0.4, 0.5) is 0 Å². The molecule has 1 unspecified atom stereocenters. The Hall–Kier alpha value is -0.870. The minimum atomic E-state index is -0.861. The molecule has 4 heteroatoms. The van der Waals surface area contributed by atoms with Crippen molar-refractivity contribution in [2.24, 2.45) is 0 Å². The van der Waals surface area contributed by atoms with Crippen molar-refractivity contribution in [2.75, 3.05) is 6.54 Å². The van der Waals surface area contributed by atoms with E-state index in [1.165, 1.54) is 0 Å². The van der Waals surface area contributed by atoms with E-state index in [1.54, 1.807) is 6.20 Å². The minimum Gasteiger partial charge on any atom is -0.382 e. The molecule has 1 rings (SSSR count). The molecule has 0 fully saturated rings. The van der Waals surface area contributed by atoms with Gasteiger partial charge in [-0.3, -0.25) is 0 Å². The van der Waals surface area contributed by atoms with E-state index in [-0.39, 0.29) is 0 Å². The Kier molecular flexibility index (Phi) is 5.15. The van der Waals surface area contributed by atoms with Gasteiger partial charge in [0.05, 0.1) is 0 Å². The average Bonchev–Trinajstić information content (AvgIpc) is 2.66. The molecule has 0 aliphatic heterocycles. The lowest BCUT2D eigenvalue weighted by Gasteiger charge is -2.24. The number of nitrogens with one attached hydrogen (secondary N) is 1. The first kappa shape index (κ1) is 14.2. The third kappa shape index (κ3) is 4.13.